The number of nitrogens with one attached hydrogen (secondary N) is 1. The zero-order valence-corrected chi connectivity index (χ0v) is 17.5. The fraction of sp³-hybridized carbons (Fsp3) is 0.167. The van der Waals surface area contributed by atoms with Crippen LogP contribution in [0.15, 0.2) is 59.5 Å². The molecule has 0 unspecified atom stereocenters. The van der Waals surface area contributed by atoms with Crippen LogP contribution >= 0.6 is 11.8 Å². The molecule has 0 bridgehead atoms. The summed E-state index contributed by atoms with van der Waals surface area (Å²) in [5.74, 6) is -0.119. The van der Waals surface area contributed by atoms with Crippen molar-refractivity contribution in [1.82, 2.24) is 0 Å². The third-order valence-electron chi connectivity index (χ3n) is 5.16. The maximum absolute atomic E-state index is 13.4. The minimum Gasteiger partial charge on any atom is -0.398 e. The fourth-order valence-electron chi connectivity index (χ4n) is 3.72. The van der Waals surface area contributed by atoms with Gasteiger partial charge < -0.3 is 21.3 Å². The second-order valence-corrected chi connectivity index (χ2v) is 8.30. The van der Waals surface area contributed by atoms with E-state index < -0.39 is 0 Å². The third-order valence-corrected chi connectivity index (χ3v) is 6.18. The van der Waals surface area contributed by atoms with Gasteiger partial charge in [-0.2, -0.15) is 0 Å². The SMILES string of the molecule is Nc1cc(SCCO)c(Nc2ccc(CCO)cc2)c2c1C(=O)c1ccccc1C2=O. The molecular weight excluding hydrogens is 412 g/mol. The molecule has 1 aliphatic rings. The van der Waals surface area contributed by atoms with Crippen LogP contribution < -0.4 is 11.1 Å². The number of aliphatic hydroxyl groups excluding tert-OH is 2. The Morgan fingerprint density at radius 1 is 0.871 bits per heavy atom. The Bertz CT molecular complexity index is 1160. The van der Waals surface area contributed by atoms with E-state index in [4.69, 9.17) is 10.8 Å². The molecule has 0 fully saturated rings. The van der Waals surface area contributed by atoms with Crippen molar-refractivity contribution in [1.29, 1.82) is 0 Å². The highest BCUT2D eigenvalue weighted by Crippen LogP contribution is 2.42. The molecule has 158 valence electrons. The quantitative estimate of drug-likeness (QED) is 0.260. The average Bonchev–Trinajstić information content (AvgIpc) is 2.78. The molecule has 0 saturated carbocycles. The van der Waals surface area contributed by atoms with Crippen molar-refractivity contribution in [3.63, 3.8) is 0 Å². The molecule has 0 aromatic heterocycles. The van der Waals surface area contributed by atoms with Gasteiger partial charge >= 0.3 is 0 Å². The van der Waals surface area contributed by atoms with Crippen LogP contribution in [0.1, 0.15) is 37.4 Å². The van der Waals surface area contributed by atoms with Crippen molar-refractivity contribution < 1.29 is 19.8 Å². The van der Waals surface area contributed by atoms with Gasteiger partial charge in [-0.3, -0.25) is 9.59 Å². The number of carbonyl (C=O) groups excluding carboxylic acids is 2. The first-order chi connectivity index (χ1) is 15.0. The van der Waals surface area contributed by atoms with Gasteiger partial charge in [-0.1, -0.05) is 36.4 Å². The Kier molecular flexibility index (Phi) is 6.08. The van der Waals surface area contributed by atoms with Crippen LogP contribution in [0.4, 0.5) is 17.1 Å². The van der Waals surface area contributed by atoms with Crippen LogP contribution in [0.2, 0.25) is 0 Å². The van der Waals surface area contributed by atoms with Crippen LogP contribution in [-0.2, 0) is 6.42 Å². The van der Waals surface area contributed by atoms with E-state index in [9.17, 15) is 14.7 Å². The summed E-state index contributed by atoms with van der Waals surface area (Å²) < 4.78 is 0. The minimum absolute atomic E-state index is 0.0351. The Balaban J connectivity index is 1.86. The van der Waals surface area contributed by atoms with E-state index in [0.717, 1.165) is 11.3 Å². The van der Waals surface area contributed by atoms with E-state index in [-0.39, 0.29) is 41.6 Å². The number of fused-ring (bicyclic) bond motifs is 2. The Labute approximate surface area is 184 Å². The number of carbonyl (C=O) groups is 2. The summed E-state index contributed by atoms with van der Waals surface area (Å²) in [6.07, 6.45) is 0.554. The van der Waals surface area contributed by atoms with Crippen molar-refractivity contribution >= 4 is 40.4 Å². The summed E-state index contributed by atoms with van der Waals surface area (Å²) >= 11 is 1.36. The van der Waals surface area contributed by atoms with E-state index in [1.165, 1.54) is 11.8 Å². The maximum atomic E-state index is 13.4. The predicted molar refractivity (Wildman–Crippen MR) is 122 cm³/mol. The number of thioether (sulfide) groups is 1. The lowest BCUT2D eigenvalue weighted by Crippen LogP contribution is -2.24. The number of nitrogen functional groups attached to an aromatic ring is 1. The van der Waals surface area contributed by atoms with E-state index in [2.05, 4.69) is 5.32 Å². The van der Waals surface area contributed by atoms with E-state index >= 15 is 0 Å². The van der Waals surface area contributed by atoms with Gasteiger partial charge in [-0.05, 0) is 30.2 Å². The van der Waals surface area contributed by atoms with Crippen LogP contribution in [0.5, 0.6) is 0 Å². The molecule has 4 rings (SSSR count). The molecule has 3 aromatic carbocycles. The number of ketones is 2. The van der Waals surface area contributed by atoms with Crippen LogP contribution in [-0.4, -0.2) is 40.7 Å². The van der Waals surface area contributed by atoms with Gasteiger partial charge in [0.25, 0.3) is 0 Å². The van der Waals surface area contributed by atoms with Gasteiger partial charge in [0.15, 0.2) is 11.6 Å². The zero-order valence-electron chi connectivity index (χ0n) is 16.7. The van der Waals surface area contributed by atoms with E-state index in [1.54, 1.807) is 30.3 Å². The average molecular weight is 435 g/mol. The van der Waals surface area contributed by atoms with Gasteiger partial charge in [-0.15, -0.1) is 11.8 Å². The van der Waals surface area contributed by atoms with Crippen molar-refractivity contribution in [2.24, 2.45) is 0 Å². The minimum atomic E-state index is -0.275. The first-order valence-electron chi connectivity index (χ1n) is 9.90. The van der Waals surface area contributed by atoms with E-state index in [1.807, 2.05) is 24.3 Å². The monoisotopic (exact) mass is 434 g/mol. The summed E-state index contributed by atoms with van der Waals surface area (Å²) in [4.78, 5) is 27.3. The molecule has 31 heavy (non-hydrogen) atoms. The predicted octanol–water partition coefficient (Wildman–Crippen LogP) is 3.41. The molecule has 0 radical (unpaired) electrons. The second-order valence-electron chi connectivity index (χ2n) is 7.16. The molecule has 5 N–H and O–H groups in total. The van der Waals surface area contributed by atoms with Gasteiger partial charge in [-0.25, -0.2) is 0 Å². The smallest absolute Gasteiger partial charge is 0.196 e. The van der Waals surface area contributed by atoms with Crippen LogP contribution in [0.3, 0.4) is 0 Å². The molecule has 0 amide bonds. The lowest BCUT2D eigenvalue weighted by molar-refractivity contribution is 0.0980. The highest BCUT2D eigenvalue weighted by atomic mass is 32.2. The molecule has 0 spiro atoms. The fourth-order valence-corrected chi connectivity index (χ4v) is 4.54. The summed E-state index contributed by atoms with van der Waals surface area (Å²) in [7, 11) is 0. The van der Waals surface area contributed by atoms with Gasteiger partial charge in [0, 0.05) is 39.8 Å². The molecule has 0 aliphatic heterocycles. The van der Waals surface area contributed by atoms with Crippen LogP contribution in [0, 0.1) is 0 Å². The van der Waals surface area contributed by atoms with Crippen molar-refractivity contribution in [2.75, 3.05) is 30.0 Å². The Hall–Kier alpha value is -3.13. The Morgan fingerprint density at radius 3 is 2.13 bits per heavy atom. The number of benzene rings is 3. The number of rotatable bonds is 7. The number of hydrogen-bond acceptors (Lipinski definition) is 7. The largest absolute Gasteiger partial charge is 0.398 e. The maximum Gasteiger partial charge on any atom is 0.196 e. The number of aliphatic hydroxyl groups is 2. The van der Waals surface area contributed by atoms with Crippen molar-refractivity contribution in [3.05, 3.63) is 82.4 Å². The number of nitrogens with two attached hydrogens (primary N) is 1. The molecule has 6 nitrogen and oxygen atoms in total. The highest BCUT2D eigenvalue weighted by Gasteiger charge is 2.34. The summed E-state index contributed by atoms with van der Waals surface area (Å²) in [6.45, 7) is 0.0306. The number of anilines is 3. The lowest BCUT2D eigenvalue weighted by Gasteiger charge is -2.24. The third kappa shape index (κ3) is 3.95. The van der Waals surface area contributed by atoms with Gasteiger partial charge in [0.1, 0.15) is 0 Å². The molecule has 0 heterocycles. The molecule has 7 heteroatoms. The number of hydrogen-bond donors (Lipinski definition) is 4. The molecule has 0 saturated heterocycles. The normalized spacial score (nSPS) is 12.5. The molecular formula is C24H22N2O4S. The summed E-state index contributed by atoms with van der Waals surface area (Å²) in [6, 6.07) is 15.9. The molecule has 0 atom stereocenters. The van der Waals surface area contributed by atoms with Crippen molar-refractivity contribution in [2.45, 2.75) is 11.3 Å². The summed E-state index contributed by atoms with van der Waals surface area (Å²) in [5.41, 5.74) is 9.87. The van der Waals surface area contributed by atoms with Gasteiger partial charge in [0.2, 0.25) is 0 Å². The zero-order chi connectivity index (χ0) is 22.0. The Morgan fingerprint density at radius 2 is 1.52 bits per heavy atom. The van der Waals surface area contributed by atoms with E-state index in [0.29, 0.717) is 33.9 Å². The molecule has 3 aromatic rings. The topological polar surface area (TPSA) is 113 Å². The first-order valence-corrected chi connectivity index (χ1v) is 10.9. The summed E-state index contributed by atoms with van der Waals surface area (Å²) in [5, 5.41) is 21.7. The van der Waals surface area contributed by atoms with Gasteiger partial charge in [0.05, 0.1) is 23.4 Å². The second kappa shape index (κ2) is 8.93. The highest BCUT2D eigenvalue weighted by molar-refractivity contribution is 7.99. The van der Waals surface area contributed by atoms with Crippen LogP contribution in [0.25, 0.3) is 0 Å². The van der Waals surface area contributed by atoms with Crippen molar-refractivity contribution in [3.8, 4) is 0 Å². The standard InChI is InChI=1S/C24H22N2O4S/c25-18-13-19(31-12-11-28)22(26-15-7-5-14(6-8-15)9-10-27)21-20(18)23(29)16-3-1-2-4-17(16)24(21)30/h1-8,13,26-28H,9-12,25H2. The first kappa shape index (κ1) is 21.1. The molecule has 1 aliphatic carbocycles. The lowest BCUT2D eigenvalue weighted by atomic mass is 9.82.